The third kappa shape index (κ3) is 2.79. The minimum absolute atomic E-state index is 0.119. The quantitative estimate of drug-likeness (QED) is 0.901. The first-order valence-corrected chi connectivity index (χ1v) is 7.08. The molecule has 0 bridgehead atoms. The highest BCUT2D eigenvalue weighted by Gasteiger charge is 2.36. The van der Waals surface area contributed by atoms with Crippen LogP contribution in [0.1, 0.15) is 36.8 Å². The largest absolute Gasteiger partial charge is 0.308 e. The fourth-order valence-corrected chi connectivity index (χ4v) is 3.41. The number of nitrogens with zero attached hydrogens (tertiary/aromatic N) is 1. The third-order valence-corrected chi connectivity index (χ3v) is 4.38. The Bertz CT molecular complexity index is 436. The molecule has 0 aliphatic carbocycles. The fourth-order valence-electron chi connectivity index (χ4n) is 3.41. The average Bonchev–Trinajstić information content (AvgIpc) is 3.00. The van der Waals surface area contributed by atoms with E-state index < -0.39 is 6.43 Å². The lowest BCUT2D eigenvalue weighted by Gasteiger charge is -2.21. The summed E-state index contributed by atoms with van der Waals surface area (Å²) in [7, 11) is 0. The van der Waals surface area contributed by atoms with Crippen LogP contribution in [0, 0.1) is 0 Å². The van der Waals surface area contributed by atoms with Gasteiger partial charge in [-0.15, -0.1) is 0 Å². The van der Waals surface area contributed by atoms with E-state index >= 15 is 0 Å². The van der Waals surface area contributed by atoms with E-state index in [1.165, 1.54) is 38.4 Å². The number of alkyl halides is 2. The fraction of sp³-hybridized carbons (Fsp3) is 0.600. The number of halogens is 2. The first-order valence-electron chi connectivity index (χ1n) is 7.08. The van der Waals surface area contributed by atoms with Gasteiger partial charge in [0.25, 0.3) is 6.43 Å². The normalized spacial score (nSPS) is 27.1. The molecular weight excluding hydrogens is 246 g/mol. The summed E-state index contributed by atoms with van der Waals surface area (Å²) in [6.07, 6.45) is 1.37. The van der Waals surface area contributed by atoms with Crippen molar-refractivity contribution in [2.45, 2.75) is 44.3 Å². The molecule has 2 nitrogen and oxygen atoms in total. The smallest absolute Gasteiger partial charge is 0.263 e. The highest BCUT2D eigenvalue weighted by atomic mass is 19.3. The molecule has 1 N–H and O–H groups in total. The lowest BCUT2D eigenvalue weighted by atomic mass is 10.1. The van der Waals surface area contributed by atoms with Crippen LogP contribution >= 0.6 is 0 Å². The highest BCUT2D eigenvalue weighted by molar-refractivity contribution is 5.24. The molecule has 1 aromatic carbocycles. The lowest BCUT2D eigenvalue weighted by molar-refractivity contribution is 0.151. The van der Waals surface area contributed by atoms with E-state index in [4.69, 9.17) is 0 Å². The molecule has 4 heteroatoms. The van der Waals surface area contributed by atoms with Gasteiger partial charge < -0.3 is 5.32 Å². The molecule has 0 aromatic heterocycles. The first-order chi connectivity index (χ1) is 9.24. The van der Waals surface area contributed by atoms with E-state index in [1.54, 1.807) is 12.1 Å². The van der Waals surface area contributed by atoms with Gasteiger partial charge in [-0.3, -0.25) is 4.90 Å². The van der Waals surface area contributed by atoms with Crippen molar-refractivity contribution in [3.8, 4) is 0 Å². The Morgan fingerprint density at radius 3 is 3.00 bits per heavy atom. The van der Waals surface area contributed by atoms with Crippen LogP contribution < -0.4 is 5.32 Å². The van der Waals surface area contributed by atoms with Gasteiger partial charge in [0.2, 0.25) is 0 Å². The molecule has 2 aliphatic rings. The van der Waals surface area contributed by atoms with Crippen LogP contribution in [0.15, 0.2) is 24.3 Å². The van der Waals surface area contributed by atoms with Crippen LogP contribution in [0.4, 0.5) is 8.78 Å². The summed E-state index contributed by atoms with van der Waals surface area (Å²) in [5, 5.41) is 3.55. The molecule has 2 aliphatic heterocycles. The summed E-state index contributed by atoms with van der Waals surface area (Å²) < 4.78 is 25.3. The Kier molecular flexibility index (Phi) is 3.80. The van der Waals surface area contributed by atoms with Gasteiger partial charge in [0, 0.05) is 30.7 Å². The van der Waals surface area contributed by atoms with Crippen molar-refractivity contribution in [3.63, 3.8) is 0 Å². The molecule has 0 amide bonds. The van der Waals surface area contributed by atoms with Gasteiger partial charge in [-0.2, -0.15) is 0 Å². The predicted octanol–water partition coefficient (Wildman–Crippen LogP) is 2.95. The number of hydrogen-bond acceptors (Lipinski definition) is 2. The second kappa shape index (κ2) is 5.55. The van der Waals surface area contributed by atoms with E-state index in [9.17, 15) is 8.78 Å². The Morgan fingerprint density at radius 2 is 2.16 bits per heavy atom. The first kappa shape index (κ1) is 13.0. The summed E-state index contributed by atoms with van der Waals surface area (Å²) in [5.74, 6) is 0. The van der Waals surface area contributed by atoms with Crippen molar-refractivity contribution in [3.05, 3.63) is 35.4 Å². The Hall–Kier alpha value is -1.00. The van der Waals surface area contributed by atoms with Gasteiger partial charge in [-0.05, 0) is 37.4 Å². The SMILES string of the molecule is FC(F)c1cccc(CNC2CCN3CCCC23)c1. The zero-order valence-corrected chi connectivity index (χ0v) is 11.0. The summed E-state index contributed by atoms with van der Waals surface area (Å²) in [4.78, 5) is 2.55. The van der Waals surface area contributed by atoms with E-state index in [2.05, 4.69) is 10.2 Å². The standard InChI is InChI=1S/C15H20F2N2/c16-15(17)12-4-1-3-11(9-12)10-18-13-6-8-19-7-2-5-14(13)19/h1,3-4,9,13-15,18H,2,5-8,10H2. The predicted molar refractivity (Wildman–Crippen MR) is 71.2 cm³/mol. The molecule has 0 saturated carbocycles. The topological polar surface area (TPSA) is 15.3 Å². The van der Waals surface area contributed by atoms with Gasteiger partial charge in [-0.25, -0.2) is 8.78 Å². The second-order valence-corrected chi connectivity index (χ2v) is 5.57. The van der Waals surface area contributed by atoms with E-state index in [1.807, 2.05) is 6.07 Å². The van der Waals surface area contributed by atoms with Crippen molar-refractivity contribution in [1.29, 1.82) is 0 Å². The molecule has 104 valence electrons. The summed E-state index contributed by atoms with van der Waals surface area (Å²) in [5.41, 5.74) is 1.07. The molecular formula is C15H20F2N2. The van der Waals surface area contributed by atoms with E-state index in [0.29, 0.717) is 18.6 Å². The maximum Gasteiger partial charge on any atom is 0.263 e. The molecule has 2 fully saturated rings. The summed E-state index contributed by atoms with van der Waals surface area (Å²) >= 11 is 0. The molecule has 2 atom stereocenters. The monoisotopic (exact) mass is 266 g/mol. The average molecular weight is 266 g/mol. The van der Waals surface area contributed by atoms with Crippen LogP contribution in [-0.4, -0.2) is 30.1 Å². The maximum atomic E-state index is 12.6. The minimum atomic E-state index is -2.38. The number of nitrogens with one attached hydrogen (secondary N) is 1. The zero-order chi connectivity index (χ0) is 13.2. The molecule has 1 aromatic rings. The number of rotatable bonds is 4. The van der Waals surface area contributed by atoms with Crippen molar-refractivity contribution >= 4 is 0 Å². The van der Waals surface area contributed by atoms with Crippen LogP contribution in [0.2, 0.25) is 0 Å². The highest BCUT2D eigenvalue weighted by Crippen LogP contribution is 2.28. The van der Waals surface area contributed by atoms with Crippen LogP contribution in [0.5, 0.6) is 0 Å². The molecule has 0 radical (unpaired) electrons. The van der Waals surface area contributed by atoms with Crippen LogP contribution in [0.25, 0.3) is 0 Å². The van der Waals surface area contributed by atoms with Gasteiger partial charge in [0.05, 0.1) is 0 Å². The van der Waals surface area contributed by atoms with E-state index in [0.717, 1.165) is 5.56 Å². The van der Waals surface area contributed by atoms with Crippen molar-refractivity contribution < 1.29 is 8.78 Å². The van der Waals surface area contributed by atoms with Crippen molar-refractivity contribution in [2.24, 2.45) is 0 Å². The minimum Gasteiger partial charge on any atom is -0.308 e. The molecule has 2 heterocycles. The summed E-state index contributed by atoms with van der Waals surface area (Å²) in [6, 6.07) is 7.92. The second-order valence-electron chi connectivity index (χ2n) is 5.57. The van der Waals surface area contributed by atoms with Crippen molar-refractivity contribution in [2.75, 3.05) is 13.1 Å². The molecule has 3 rings (SSSR count). The number of fused-ring (bicyclic) bond motifs is 1. The summed E-state index contributed by atoms with van der Waals surface area (Å²) in [6.45, 7) is 3.10. The Labute approximate surface area is 112 Å². The van der Waals surface area contributed by atoms with Crippen LogP contribution in [0.3, 0.4) is 0 Å². The number of hydrogen-bond donors (Lipinski definition) is 1. The van der Waals surface area contributed by atoms with Gasteiger partial charge >= 0.3 is 0 Å². The van der Waals surface area contributed by atoms with Gasteiger partial charge in [-0.1, -0.05) is 18.2 Å². The maximum absolute atomic E-state index is 12.6. The Morgan fingerprint density at radius 1 is 1.26 bits per heavy atom. The lowest BCUT2D eigenvalue weighted by Crippen LogP contribution is -2.38. The molecule has 0 spiro atoms. The Balaban J connectivity index is 1.58. The molecule has 19 heavy (non-hydrogen) atoms. The van der Waals surface area contributed by atoms with Gasteiger partial charge in [0.1, 0.15) is 0 Å². The zero-order valence-electron chi connectivity index (χ0n) is 11.0. The van der Waals surface area contributed by atoms with E-state index in [-0.39, 0.29) is 5.56 Å². The molecule has 2 saturated heterocycles. The van der Waals surface area contributed by atoms with Crippen molar-refractivity contribution in [1.82, 2.24) is 10.2 Å². The third-order valence-electron chi connectivity index (χ3n) is 4.38. The van der Waals surface area contributed by atoms with Gasteiger partial charge in [0.15, 0.2) is 0 Å². The number of benzene rings is 1. The van der Waals surface area contributed by atoms with Crippen LogP contribution in [-0.2, 0) is 6.54 Å². The molecule has 2 unspecified atom stereocenters.